The molecule has 0 aliphatic carbocycles. The highest BCUT2D eigenvalue weighted by atomic mass is 16.5. The Balaban J connectivity index is 2.16. The molecule has 0 bridgehead atoms. The van der Waals surface area contributed by atoms with Gasteiger partial charge < -0.3 is 14.5 Å². The first-order valence-electron chi connectivity index (χ1n) is 7.98. The van der Waals surface area contributed by atoms with Gasteiger partial charge in [0.15, 0.2) is 6.61 Å². The lowest BCUT2D eigenvalue weighted by atomic mass is 10.1. The van der Waals surface area contributed by atoms with Gasteiger partial charge in [-0.2, -0.15) is 0 Å². The highest BCUT2D eigenvalue weighted by Crippen LogP contribution is 2.20. The van der Waals surface area contributed by atoms with Gasteiger partial charge in [0.25, 0.3) is 0 Å². The number of H-pyrrole nitrogens is 1. The molecule has 25 heavy (non-hydrogen) atoms. The summed E-state index contributed by atoms with van der Waals surface area (Å²) in [6.07, 6.45) is 0. The predicted molar refractivity (Wildman–Crippen MR) is 92.0 cm³/mol. The summed E-state index contributed by atoms with van der Waals surface area (Å²) >= 11 is 0. The fourth-order valence-corrected chi connectivity index (χ4v) is 2.65. The van der Waals surface area contributed by atoms with Crippen LogP contribution in [0.4, 0.5) is 0 Å². The lowest BCUT2D eigenvalue weighted by Crippen LogP contribution is -2.18. The van der Waals surface area contributed by atoms with Gasteiger partial charge in [0.05, 0.1) is 23.3 Å². The monoisotopic (exact) mass is 343 g/mol. The maximum atomic E-state index is 12.5. The molecule has 0 spiro atoms. The number of aryl methyl sites for hydroxylation is 3. The molecule has 0 amide bonds. The third-order valence-corrected chi connectivity index (χ3v) is 3.72. The molecule has 0 saturated carbocycles. The van der Waals surface area contributed by atoms with E-state index in [1.54, 1.807) is 39.0 Å². The van der Waals surface area contributed by atoms with E-state index >= 15 is 0 Å². The van der Waals surface area contributed by atoms with Crippen molar-refractivity contribution < 1.29 is 23.9 Å². The van der Waals surface area contributed by atoms with E-state index in [9.17, 15) is 14.4 Å². The maximum absolute atomic E-state index is 12.5. The largest absolute Gasteiger partial charge is 0.462 e. The third kappa shape index (κ3) is 4.15. The molecule has 0 saturated heterocycles. The van der Waals surface area contributed by atoms with Crippen LogP contribution in [0.25, 0.3) is 0 Å². The lowest BCUT2D eigenvalue weighted by Gasteiger charge is -2.07. The number of nitrogens with one attached hydrogen (secondary N) is 1. The second-order valence-electron chi connectivity index (χ2n) is 5.71. The summed E-state index contributed by atoms with van der Waals surface area (Å²) in [7, 11) is 0. The summed E-state index contributed by atoms with van der Waals surface area (Å²) in [4.78, 5) is 39.6. The zero-order valence-electron chi connectivity index (χ0n) is 14.8. The zero-order chi connectivity index (χ0) is 18.6. The van der Waals surface area contributed by atoms with E-state index in [1.807, 2.05) is 13.0 Å². The molecule has 0 aliphatic rings. The number of rotatable bonds is 6. The number of carbonyl (C=O) groups excluding carboxylic acids is 3. The van der Waals surface area contributed by atoms with E-state index < -0.39 is 24.3 Å². The fourth-order valence-electron chi connectivity index (χ4n) is 2.65. The maximum Gasteiger partial charge on any atom is 0.340 e. The number of benzene rings is 1. The van der Waals surface area contributed by atoms with Crippen molar-refractivity contribution >= 4 is 17.7 Å². The van der Waals surface area contributed by atoms with Crippen LogP contribution in [0.15, 0.2) is 24.3 Å². The quantitative estimate of drug-likeness (QED) is 0.643. The molecule has 6 nitrogen and oxygen atoms in total. The molecule has 0 unspecified atom stereocenters. The average molecular weight is 343 g/mol. The van der Waals surface area contributed by atoms with Crippen molar-refractivity contribution in [3.8, 4) is 0 Å². The highest BCUT2D eigenvalue weighted by molar-refractivity contribution is 6.09. The average Bonchev–Trinajstić information content (AvgIpc) is 2.86. The van der Waals surface area contributed by atoms with Crippen molar-refractivity contribution in [2.75, 3.05) is 13.2 Å². The summed E-state index contributed by atoms with van der Waals surface area (Å²) in [5, 5.41) is 0. The van der Waals surface area contributed by atoms with Crippen LogP contribution >= 0.6 is 0 Å². The number of hydrogen-bond donors (Lipinski definition) is 1. The predicted octanol–water partition coefficient (Wildman–Crippen LogP) is 3.16. The number of ether oxygens (including phenoxy) is 2. The number of hydrogen-bond acceptors (Lipinski definition) is 5. The van der Waals surface area contributed by atoms with Crippen LogP contribution in [-0.4, -0.2) is 35.9 Å². The molecule has 1 aromatic heterocycles. The van der Waals surface area contributed by atoms with Crippen molar-refractivity contribution in [2.45, 2.75) is 27.7 Å². The highest BCUT2D eigenvalue weighted by Gasteiger charge is 2.26. The Labute approximate surface area is 146 Å². The minimum atomic E-state index is -0.584. The van der Waals surface area contributed by atoms with E-state index in [-0.39, 0.29) is 17.7 Å². The molecule has 132 valence electrons. The Morgan fingerprint density at radius 3 is 2.28 bits per heavy atom. The summed E-state index contributed by atoms with van der Waals surface area (Å²) in [5.74, 6) is -1.61. The SMILES string of the molecule is CCOC(=O)c1c(C)[nH]c(C)c1C(=O)COC(=O)c1cccc(C)c1. The van der Waals surface area contributed by atoms with Crippen LogP contribution in [0, 0.1) is 20.8 Å². The second-order valence-corrected chi connectivity index (χ2v) is 5.71. The first-order valence-corrected chi connectivity index (χ1v) is 7.98. The Morgan fingerprint density at radius 2 is 1.64 bits per heavy atom. The molecular formula is C19H21NO5. The van der Waals surface area contributed by atoms with Gasteiger partial charge in [-0.25, -0.2) is 9.59 Å². The Bertz CT molecular complexity index is 819. The Morgan fingerprint density at radius 1 is 0.960 bits per heavy atom. The number of aromatic amines is 1. The minimum absolute atomic E-state index is 0.191. The first kappa shape index (κ1) is 18.4. The van der Waals surface area contributed by atoms with Crippen molar-refractivity contribution in [3.63, 3.8) is 0 Å². The smallest absolute Gasteiger partial charge is 0.340 e. The van der Waals surface area contributed by atoms with Crippen LogP contribution < -0.4 is 0 Å². The van der Waals surface area contributed by atoms with Crippen LogP contribution in [0.3, 0.4) is 0 Å². The van der Waals surface area contributed by atoms with E-state index in [0.29, 0.717) is 17.0 Å². The molecule has 0 radical (unpaired) electrons. The van der Waals surface area contributed by atoms with Crippen molar-refractivity contribution in [1.82, 2.24) is 4.98 Å². The van der Waals surface area contributed by atoms with E-state index in [0.717, 1.165) is 5.56 Å². The molecule has 2 aromatic rings. The van der Waals surface area contributed by atoms with Gasteiger partial charge >= 0.3 is 11.9 Å². The van der Waals surface area contributed by atoms with Gasteiger partial charge in [-0.1, -0.05) is 17.7 Å². The van der Waals surface area contributed by atoms with E-state index in [4.69, 9.17) is 9.47 Å². The van der Waals surface area contributed by atoms with Gasteiger partial charge in [0, 0.05) is 11.4 Å². The third-order valence-electron chi connectivity index (χ3n) is 3.72. The topological polar surface area (TPSA) is 85.5 Å². The molecule has 0 atom stereocenters. The summed E-state index contributed by atoms with van der Waals surface area (Å²) in [6.45, 7) is 6.69. The Kier molecular flexibility index (Phi) is 5.75. The van der Waals surface area contributed by atoms with Crippen LogP contribution in [-0.2, 0) is 9.47 Å². The summed E-state index contributed by atoms with van der Waals surface area (Å²) in [6, 6.07) is 6.91. The number of carbonyl (C=O) groups is 3. The molecule has 0 aliphatic heterocycles. The van der Waals surface area contributed by atoms with E-state index in [2.05, 4.69) is 4.98 Å². The number of aromatic nitrogens is 1. The zero-order valence-corrected chi connectivity index (χ0v) is 14.8. The molecule has 1 N–H and O–H groups in total. The fraction of sp³-hybridized carbons (Fsp3) is 0.316. The first-order chi connectivity index (χ1) is 11.8. The second kappa shape index (κ2) is 7.79. The van der Waals surface area contributed by atoms with Gasteiger partial charge in [0.1, 0.15) is 0 Å². The summed E-state index contributed by atoms with van der Waals surface area (Å²) < 4.78 is 10.1. The normalized spacial score (nSPS) is 10.4. The van der Waals surface area contributed by atoms with Crippen molar-refractivity contribution in [2.24, 2.45) is 0 Å². The molecule has 2 rings (SSSR count). The molecule has 0 fully saturated rings. The number of esters is 2. The van der Waals surface area contributed by atoms with Gasteiger partial charge in [-0.05, 0) is 39.8 Å². The molecule has 1 heterocycles. The molecule has 6 heteroatoms. The van der Waals surface area contributed by atoms with E-state index in [1.165, 1.54) is 0 Å². The minimum Gasteiger partial charge on any atom is -0.462 e. The number of Topliss-reactive ketones (excluding diaryl/α,β-unsaturated/α-hetero) is 1. The number of ketones is 1. The van der Waals surface area contributed by atoms with Gasteiger partial charge in [-0.3, -0.25) is 4.79 Å². The molecular weight excluding hydrogens is 322 g/mol. The van der Waals surface area contributed by atoms with Crippen LogP contribution in [0.2, 0.25) is 0 Å². The standard InChI is InChI=1S/C19H21NO5/c1-5-24-19(23)17-13(4)20-12(3)16(17)15(21)10-25-18(22)14-8-6-7-11(2)9-14/h6-9,20H,5,10H2,1-4H3. The summed E-state index contributed by atoms with van der Waals surface area (Å²) in [5.41, 5.74) is 2.77. The van der Waals surface area contributed by atoms with Crippen molar-refractivity contribution in [1.29, 1.82) is 0 Å². The van der Waals surface area contributed by atoms with Gasteiger partial charge in [0.2, 0.25) is 5.78 Å². The van der Waals surface area contributed by atoms with Crippen LogP contribution in [0.5, 0.6) is 0 Å². The Hall–Kier alpha value is -2.89. The van der Waals surface area contributed by atoms with Crippen LogP contribution in [0.1, 0.15) is 54.9 Å². The molecule has 1 aromatic carbocycles. The lowest BCUT2D eigenvalue weighted by molar-refractivity contribution is 0.0472. The van der Waals surface area contributed by atoms with Crippen molar-refractivity contribution in [3.05, 3.63) is 57.9 Å². The van der Waals surface area contributed by atoms with Gasteiger partial charge in [-0.15, -0.1) is 0 Å².